The molecule has 0 aliphatic carbocycles. The van der Waals surface area contributed by atoms with E-state index in [0.717, 1.165) is 30.4 Å². The van der Waals surface area contributed by atoms with E-state index in [1.54, 1.807) is 0 Å². The minimum atomic E-state index is -3.67. The van der Waals surface area contributed by atoms with Crippen molar-refractivity contribution in [2.75, 3.05) is 5.75 Å². The lowest BCUT2D eigenvalue weighted by atomic mass is 10.1. The fourth-order valence-electron chi connectivity index (χ4n) is 3.09. The van der Waals surface area contributed by atoms with Crippen molar-refractivity contribution in [1.82, 2.24) is 0 Å². The lowest BCUT2D eigenvalue weighted by Gasteiger charge is -2.13. The van der Waals surface area contributed by atoms with Gasteiger partial charge in [-0.2, -0.15) is 0 Å². The van der Waals surface area contributed by atoms with Gasteiger partial charge in [0.05, 0.1) is 5.75 Å². The summed E-state index contributed by atoms with van der Waals surface area (Å²) in [6.45, 7) is 1.97. The zero-order valence-corrected chi connectivity index (χ0v) is 16.6. The summed E-state index contributed by atoms with van der Waals surface area (Å²) in [7, 11) is -3.67. The second kappa shape index (κ2) is 10.3. The topological polar surface area (TPSA) is 71.4 Å². The van der Waals surface area contributed by atoms with Crippen LogP contribution in [0.5, 0.6) is 0 Å². The third-order valence-electron chi connectivity index (χ3n) is 4.78. The Labute approximate surface area is 162 Å². The summed E-state index contributed by atoms with van der Waals surface area (Å²) in [4.78, 5) is 11.5. The SMILES string of the molecule is Cc1ccc(CCS(=O)(=O)C(CCCCCc2ccccc2)C(=O)O)cc1. The molecule has 2 aromatic carbocycles. The van der Waals surface area contributed by atoms with E-state index in [9.17, 15) is 18.3 Å². The zero-order valence-electron chi connectivity index (χ0n) is 15.8. The average molecular weight is 389 g/mol. The van der Waals surface area contributed by atoms with Gasteiger partial charge in [0.1, 0.15) is 0 Å². The predicted molar refractivity (Wildman–Crippen MR) is 109 cm³/mol. The molecule has 0 bridgehead atoms. The first-order valence-corrected chi connectivity index (χ1v) is 11.1. The van der Waals surface area contributed by atoms with Crippen LogP contribution in [-0.2, 0) is 27.5 Å². The summed E-state index contributed by atoms with van der Waals surface area (Å²) in [5.41, 5.74) is 3.27. The summed E-state index contributed by atoms with van der Waals surface area (Å²) in [6.07, 6.45) is 3.82. The molecule has 2 aromatic rings. The number of carboxylic acid groups (broad SMARTS) is 1. The van der Waals surface area contributed by atoms with Crippen LogP contribution < -0.4 is 0 Å². The first-order chi connectivity index (χ1) is 12.9. The van der Waals surface area contributed by atoms with Gasteiger partial charge in [-0.1, -0.05) is 73.0 Å². The highest BCUT2D eigenvalue weighted by Crippen LogP contribution is 2.16. The third-order valence-corrected chi connectivity index (χ3v) is 6.86. The lowest BCUT2D eigenvalue weighted by Crippen LogP contribution is -2.32. The van der Waals surface area contributed by atoms with Crippen molar-refractivity contribution in [3.63, 3.8) is 0 Å². The molecular weight excluding hydrogens is 360 g/mol. The number of sulfone groups is 1. The van der Waals surface area contributed by atoms with Gasteiger partial charge >= 0.3 is 5.97 Å². The number of unbranched alkanes of at least 4 members (excludes halogenated alkanes) is 2. The Morgan fingerprint density at radius 2 is 1.52 bits per heavy atom. The van der Waals surface area contributed by atoms with Crippen LogP contribution in [0, 0.1) is 6.92 Å². The van der Waals surface area contributed by atoms with Crippen LogP contribution in [0.2, 0.25) is 0 Å². The molecule has 5 heteroatoms. The Morgan fingerprint density at radius 1 is 0.889 bits per heavy atom. The van der Waals surface area contributed by atoms with Gasteiger partial charge in [0.15, 0.2) is 15.1 Å². The minimum Gasteiger partial charge on any atom is -0.480 e. The standard InChI is InChI=1S/C22H28O4S/c1-18-12-14-20(15-13-18)16-17-27(25,26)21(22(23)24)11-7-3-6-10-19-8-4-2-5-9-19/h2,4-5,8-9,12-15,21H,3,6-7,10-11,16-17H2,1H3,(H,23,24). The molecule has 1 unspecified atom stereocenters. The average Bonchev–Trinajstić information content (AvgIpc) is 2.64. The number of aryl methyl sites for hydroxylation is 3. The van der Waals surface area contributed by atoms with Gasteiger partial charge in [0, 0.05) is 0 Å². The Kier molecular flexibility index (Phi) is 8.04. The van der Waals surface area contributed by atoms with Gasteiger partial charge in [0.25, 0.3) is 0 Å². The first kappa shape index (κ1) is 21.2. The maximum Gasteiger partial charge on any atom is 0.321 e. The van der Waals surface area contributed by atoms with Crippen LogP contribution in [0.3, 0.4) is 0 Å². The van der Waals surface area contributed by atoms with Crippen LogP contribution in [0.15, 0.2) is 54.6 Å². The molecule has 0 saturated heterocycles. The van der Waals surface area contributed by atoms with Gasteiger partial charge < -0.3 is 5.11 Å². The Hall–Kier alpha value is -2.14. The zero-order chi connectivity index (χ0) is 19.7. The number of rotatable bonds is 11. The molecule has 0 aliphatic rings. The summed E-state index contributed by atoms with van der Waals surface area (Å²) in [5, 5.41) is 8.09. The van der Waals surface area contributed by atoms with Crippen LogP contribution >= 0.6 is 0 Å². The number of aliphatic carboxylic acids is 1. The molecule has 1 N–H and O–H groups in total. The van der Waals surface area contributed by atoms with Crippen molar-refractivity contribution in [2.24, 2.45) is 0 Å². The maximum atomic E-state index is 12.5. The molecule has 2 rings (SSSR count). The number of carbonyl (C=O) groups is 1. The van der Waals surface area contributed by atoms with E-state index in [2.05, 4.69) is 12.1 Å². The third kappa shape index (κ3) is 7.18. The number of hydrogen-bond donors (Lipinski definition) is 1. The van der Waals surface area contributed by atoms with Gasteiger partial charge in [-0.15, -0.1) is 0 Å². The molecule has 0 saturated carbocycles. The van der Waals surface area contributed by atoms with Crippen molar-refractivity contribution in [3.05, 3.63) is 71.3 Å². The van der Waals surface area contributed by atoms with Crippen LogP contribution in [0.1, 0.15) is 42.4 Å². The summed E-state index contributed by atoms with van der Waals surface area (Å²) in [6, 6.07) is 17.8. The summed E-state index contributed by atoms with van der Waals surface area (Å²) in [5.74, 6) is -1.36. The van der Waals surface area contributed by atoms with Crippen molar-refractivity contribution in [2.45, 2.75) is 50.7 Å². The first-order valence-electron chi connectivity index (χ1n) is 9.42. The van der Waals surface area contributed by atoms with E-state index >= 15 is 0 Å². The smallest absolute Gasteiger partial charge is 0.321 e. The quantitative estimate of drug-likeness (QED) is 0.585. The molecule has 0 spiro atoms. The molecule has 0 aliphatic heterocycles. The molecule has 0 heterocycles. The fraction of sp³-hybridized carbons (Fsp3) is 0.409. The van der Waals surface area contributed by atoms with Crippen LogP contribution in [0.25, 0.3) is 0 Å². The van der Waals surface area contributed by atoms with E-state index in [0.29, 0.717) is 12.8 Å². The van der Waals surface area contributed by atoms with Crippen molar-refractivity contribution in [1.29, 1.82) is 0 Å². The second-order valence-corrected chi connectivity index (χ2v) is 9.32. The minimum absolute atomic E-state index is 0.128. The molecule has 1 atom stereocenters. The molecule has 4 nitrogen and oxygen atoms in total. The Morgan fingerprint density at radius 3 is 2.15 bits per heavy atom. The van der Waals surface area contributed by atoms with Crippen molar-refractivity contribution < 1.29 is 18.3 Å². The molecular formula is C22H28O4S. The largest absolute Gasteiger partial charge is 0.480 e. The van der Waals surface area contributed by atoms with E-state index < -0.39 is 21.1 Å². The number of hydrogen-bond acceptors (Lipinski definition) is 3. The molecule has 0 fully saturated rings. The molecule has 0 aromatic heterocycles. The molecule has 0 amide bonds. The highest BCUT2D eigenvalue weighted by Gasteiger charge is 2.31. The summed E-state index contributed by atoms with van der Waals surface area (Å²) < 4.78 is 25.0. The highest BCUT2D eigenvalue weighted by molar-refractivity contribution is 7.92. The fourth-order valence-corrected chi connectivity index (χ4v) is 4.73. The molecule has 146 valence electrons. The van der Waals surface area contributed by atoms with Crippen molar-refractivity contribution in [3.8, 4) is 0 Å². The van der Waals surface area contributed by atoms with E-state index in [1.165, 1.54) is 5.56 Å². The van der Waals surface area contributed by atoms with Crippen LogP contribution in [0.4, 0.5) is 0 Å². The van der Waals surface area contributed by atoms with Gasteiger partial charge in [0.2, 0.25) is 0 Å². The second-order valence-electron chi connectivity index (χ2n) is 7.01. The lowest BCUT2D eigenvalue weighted by molar-refractivity contribution is -0.136. The monoisotopic (exact) mass is 388 g/mol. The molecule has 27 heavy (non-hydrogen) atoms. The van der Waals surface area contributed by atoms with Gasteiger partial charge in [-0.3, -0.25) is 4.79 Å². The highest BCUT2D eigenvalue weighted by atomic mass is 32.2. The number of carboxylic acids is 1. The normalized spacial score (nSPS) is 12.6. The molecule has 0 radical (unpaired) electrons. The summed E-state index contributed by atoms with van der Waals surface area (Å²) >= 11 is 0. The van der Waals surface area contributed by atoms with E-state index in [1.807, 2.05) is 49.4 Å². The van der Waals surface area contributed by atoms with Crippen molar-refractivity contribution >= 4 is 15.8 Å². The Bertz CT molecular complexity index is 811. The maximum absolute atomic E-state index is 12.5. The van der Waals surface area contributed by atoms with E-state index in [-0.39, 0.29) is 12.2 Å². The number of benzene rings is 2. The van der Waals surface area contributed by atoms with Gasteiger partial charge in [-0.05, 0) is 43.7 Å². The van der Waals surface area contributed by atoms with E-state index in [4.69, 9.17) is 0 Å². The van der Waals surface area contributed by atoms with Crippen LogP contribution in [-0.4, -0.2) is 30.5 Å². The van der Waals surface area contributed by atoms with Gasteiger partial charge in [-0.25, -0.2) is 8.42 Å². The Balaban J connectivity index is 1.81. The predicted octanol–water partition coefficient (Wildman–Crippen LogP) is 4.21.